The molecule has 1 N–H and O–H groups in total. The second kappa shape index (κ2) is 4.10. The summed E-state index contributed by atoms with van der Waals surface area (Å²) in [4.78, 5) is 10.8. The Morgan fingerprint density at radius 3 is 2.40 bits per heavy atom. The van der Waals surface area contributed by atoms with Crippen molar-refractivity contribution in [3.05, 3.63) is 30.1 Å². The van der Waals surface area contributed by atoms with Gasteiger partial charge in [0.05, 0.1) is 15.7 Å². The minimum Gasteiger partial charge on any atom is -0.480 e. The molecule has 1 aromatic rings. The largest absolute Gasteiger partial charge is 0.480 e. The first-order chi connectivity index (χ1) is 6.87. The average Bonchev–Trinajstić information content (AvgIpc) is 2.17. The third-order valence-corrected chi connectivity index (χ3v) is 3.85. The fraction of sp³-hybridized carbons (Fsp3) is 0.300. The number of benzene rings is 1. The molecule has 0 amide bonds. The summed E-state index contributed by atoms with van der Waals surface area (Å²) in [6.07, 6.45) is 0. The van der Waals surface area contributed by atoms with Gasteiger partial charge in [0.25, 0.3) is 0 Å². The Kier molecular flexibility index (Phi) is 3.24. The zero-order chi connectivity index (χ0) is 11.6. The quantitative estimate of drug-likeness (QED) is 0.861. The molecule has 1 unspecified atom stereocenters. The number of carbonyl (C=O) groups is 1. The maximum absolute atomic E-state index is 13.2. The van der Waals surface area contributed by atoms with E-state index < -0.39 is 27.3 Å². The van der Waals surface area contributed by atoms with E-state index in [1.165, 1.54) is 32.0 Å². The third kappa shape index (κ3) is 2.23. The van der Waals surface area contributed by atoms with E-state index in [-0.39, 0.29) is 4.90 Å². The zero-order valence-corrected chi connectivity index (χ0v) is 9.18. The fourth-order valence-corrected chi connectivity index (χ4v) is 2.10. The molecule has 0 aliphatic carbocycles. The van der Waals surface area contributed by atoms with Crippen molar-refractivity contribution in [2.45, 2.75) is 23.5 Å². The van der Waals surface area contributed by atoms with Crippen molar-refractivity contribution in [1.82, 2.24) is 0 Å². The number of hydrogen-bond acceptors (Lipinski definition) is 2. The summed E-state index contributed by atoms with van der Waals surface area (Å²) >= 11 is 0. The van der Waals surface area contributed by atoms with Crippen LogP contribution >= 0.6 is 0 Å². The van der Waals surface area contributed by atoms with Crippen LogP contribution in [0.4, 0.5) is 4.39 Å². The van der Waals surface area contributed by atoms with Crippen molar-refractivity contribution >= 4 is 16.8 Å². The molecule has 1 atom stereocenters. The van der Waals surface area contributed by atoms with E-state index in [0.29, 0.717) is 0 Å². The van der Waals surface area contributed by atoms with Crippen LogP contribution in [0.5, 0.6) is 0 Å². The Balaban J connectivity index is 3.16. The van der Waals surface area contributed by atoms with Gasteiger partial charge in [-0.05, 0) is 26.0 Å². The summed E-state index contributed by atoms with van der Waals surface area (Å²) in [6.45, 7) is 2.61. The molecule has 0 spiro atoms. The van der Waals surface area contributed by atoms with Gasteiger partial charge in [-0.15, -0.1) is 0 Å². The van der Waals surface area contributed by atoms with Gasteiger partial charge >= 0.3 is 5.97 Å². The van der Waals surface area contributed by atoms with Gasteiger partial charge in [0, 0.05) is 0 Å². The van der Waals surface area contributed by atoms with Crippen LogP contribution in [-0.2, 0) is 15.6 Å². The van der Waals surface area contributed by atoms with Gasteiger partial charge in [-0.3, -0.25) is 9.00 Å². The SMILES string of the molecule is CC(C)(C(=O)O)S(=O)c1ccccc1F. The van der Waals surface area contributed by atoms with Crippen molar-refractivity contribution < 1.29 is 18.5 Å². The molecule has 0 aliphatic rings. The van der Waals surface area contributed by atoms with E-state index in [0.717, 1.165) is 6.07 Å². The highest BCUT2D eigenvalue weighted by Gasteiger charge is 2.36. The Morgan fingerprint density at radius 1 is 1.40 bits per heavy atom. The zero-order valence-electron chi connectivity index (χ0n) is 8.36. The number of hydrogen-bond donors (Lipinski definition) is 1. The predicted molar refractivity (Wildman–Crippen MR) is 54.5 cm³/mol. The first-order valence-electron chi connectivity index (χ1n) is 4.27. The molecule has 0 saturated carbocycles. The molecule has 0 heterocycles. The van der Waals surface area contributed by atoms with Crippen LogP contribution in [-0.4, -0.2) is 20.0 Å². The van der Waals surface area contributed by atoms with Crippen LogP contribution in [0.2, 0.25) is 0 Å². The predicted octanol–water partition coefficient (Wildman–Crippen LogP) is 1.80. The molecule has 0 bridgehead atoms. The molecule has 0 aliphatic heterocycles. The fourth-order valence-electron chi connectivity index (χ4n) is 0.949. The summed E-state index contributed by atoms with van der Waals surface area (Å²) in [6, 6.07) is 5.47. The highest BCUT2D eigenvalue weighted by molar-refractivity contribution is 7.87. The lowest BCUT2D eigenvalue weighted by Crippen LogP contribution is -2.36. The Labute approximate surface area is 89.4 Å². The molecule has 0 saturated heterocycles. The summed E-state index contributed by atoms with van der Waals surface area (Å²) in [5, 5.41) is 8.85. The minimum absolute atomic E-state index is 0.0788. The van der Waals surface area contributed by atoms with Crippen LogP contribution in [0, 0.1) is 5.82 Å². The van der Waals surface area contributed by atoms with Crippen molar-refractivity contribution in [2.24, 2.45) is 0 Å². The number of aliphatic carboxylic acids is 1. The molecule has 82 valence electrons. The maximum atomic E-state index is 13.2. The molecular weight excluding hydrogens is 219 g/mol. The summed E-state index contributed by atoms with van der Waals surface area (Å²) < 4.78 is 23.6. The van der Waals surface area contributed by atoms with E-state index in [9.17, 15) is 13.4 Å². The molecule has 3 nitrogen and oxygen atoms in total. The number of rotatable bonds is 3. The normalized spacial score (nSPS) is 13.5. The molecule has 0 aromatic heterocycles. The van der Waals surface area contributed by atoms with E-state index >= 15 is 0 Å². The molecule has 15 heavy (non-hydrogen) atoms. The highest BCUT2D eigenvalue weighted by Crippen LogP contribution is 2.23. The summed E-state index contributed by atoms with van der Waals surface area (Å²) in [5.74, 6) is -1.87. The third-order valence-electron chi connectivity index (χ3n) is 2.01. The summed E-state index contributed by atoms with van der Waals surface area (Å²) in [7, 11) is -1.91. The average molecular weight is 230 g/mol. The van der Waals surface area contributed by atoms with Crippen LogP contribution in [0.15, 0.2) is 29.2 Å². The molecule has 5 heteroatoms. The topological polar surface area (TPSA) is 54.4 Å². The summed E-state index contributed by atoms with van der Waals surface area (Å²) in [5.41, 5.74) is 0. The van der Waals surface area contributed by atoms with Gasteiger partial charge in [-0.2, -0.15) is 0 Å². The minimum atomic E-state index is -1.91. The Bertz CT molecular complexity index is 415. The lowest BCUT2D eigenvalue weighted by atomic mass is 10.2. The lowest BCUT2D eigenvalue weighted by molar-refractivity contribution is -0.139. The monoisotopic (exact) mass is 230 g/mol. The first-order valence-corrected chi connectivity index (χ1v) is 5.42. The van der Waals surface area contributed by atoms with Crippen LogP contribution < -0.4 is 0 Å². The van der Waals surface area contributed by atoms with Crippen LogP contribution in [0.3, 0.4) is 0 Å². The smallest absolute Gasteiger partial charge is 0.322 e. The van der Waals surface area contributed by atoms with Crippen LogP contribution in [0.1, 0.15) is 13.8 Å². The van der Waals surface area contributed by atoms with Gasteiger partial charge in [0.2, 0.25) is 0 Å². The molecular formula is C10H11FO3S. The van der Waals surface area contributed by atoms with Gasteiger partial charge in [-0.25, -0.2) is 4.39 Å². The first kappa shape index (κ1) is 11.8. The van der Waals surface area contributed by atoms with Crippen molar-refractivity contribution in [1.29, 1.82) is 0 Å². The van der Waals surface area contributed by atoms with Crippen molar-refractivity contribution in [2.75, 3.05) is 0 Å². The number of carboxylic acids is 1. The van der Waals surface area contributed by atoms with E-state index in [2.05, 4.69) is 0 Å². The van der Waals surface area contributed by atoms with Crippen LogP contribution in [0.25, 0.3) is 0 Å². The molecule has 0 fully saturated rings. The Morgan fingerprint density at radius 2 is 1.93 bits per heavy atom. The van der Waals surface area contributed by atoms with E-state index in [1.54, 1.807) is 0 Å². The van der Waals surface area contributed by atoms with Gasteiger partial charge in [0.1, 0.15) is 10.6 Å². The number of halogens is 1. The van der Waals surface area contributed by atoms with Crippen molar-refractivity contribution in [3.8, 4) is 0 Å². The van der Waals surface area contributed by atoms with Gasteiger partial charge in [-0.1, -0.05) is 12.1 Å². The second-order valence-electron chi connectivity index (χ2n) is 3.51. The molecule has 1 aromatic carbocycles. The molecule has 0 radical (unpaired) electrons. The molecule has 1 rings (SSSR count). The van der Waals surface area contributed by atoms with E-state index in [1.807, 2.05) is 0 Å². The van der Waals surface area contributed by atoms with E-state index in [4.69, 9.17) is 5.11 Å². The highest BCUT2D eigenvalue weighted by atomic mass is 32.2. The number of carboxylic acid groups (broad SMARTS) is 1. The second-order valence-corrected chi connectivity index (χ2v) is 5.51. The van der Waals surface area contributed by atoms with Gasteiger partial charge in [0.15, 0.2) is 0 Å². The lowest BCUT2D eigenvalue weighted by Gasteiger charge is -2.18. The maximum Gasteiger partial charge on any atom is 0.322 e. The van der Waals surface area contributed by atoms with Gasteiger partial charge < -0.3 is 5.11 Å². The standard InChI is InChI=1S/C10H11FO3S/c1-10(2,9(12)13)15(14)8-6-4-3-5-7(8)11/h3-6H,1-2H3,(H,12,13). The van der Waals surface area contributed by atoms with Crippen molar-refractivity contribution in [3.63, 3.8) is 0 Å². The Hall–Kier alpha value is -1.23.